The molecule has 0 spiro atoms. The van der Waals surface area contributed by atoms with E-state index in [1.165, 1.54) is 29.9 Å². The van der Waals surface area contributed by atoms with Gasteiger partial charge >= 0.3 is 29.7 Å². The molecule has 0 nitrogen and oxygen atoms in total. The molecule has 1 aromatic carbocycles. The molecule has 0 aliphatic heterocycles. The van der Waals surface area contributed by atoms with Gasteiger partial charge in [0.05, 0.1) is 0 Å². The van der Waals surface area contributed by atoms with Crippen LogP contribution >= 0.6 is 0 Å². The van der Waals surface area contributed by atoms with Crippen LogP contribution in [-0.4, -0.2) is 0 Å². The van der Waals surface area contributed by atoms with Crippen LogP contribution in [0, 0.1) is 5.92 Å². The Morgan fingerprint density at radius 3 is 2.47 bits per heavy atom. The number of hydrogen-bond acceptors (Lipinski definition) is 0. The van der Waals surface area contributed by atoms with Crippen molar-refractivity contribution in [2.75, 3.05) is 0 Å². The summed E-state index contributed by atoms with van der Waals surface area (Å²) < 4.78 is 19.6. The van der Waals surface area contributed by atoms with E-state index in [9.17, 15) is 5.25 Å². The number of fused-ring (bicyclic) bond motifs is 1. The second-order valence-electron chi connectivity index (χ2n) is 3.27. The van der Waals surface area contributed by atoms with E-state index in [1.807, 2.05) is 0 Å². The summed E-state index contributed by atoms with van der Waals surface area (Å²) in [5, 5.41) is 0. The molecule has 0 N–H and O–H groups in total. The first-order valence-corrected chi connectivity index (χ1v) is 6.78. The molecule has 0 unspecified atom stereocenters. The summed E-state index contributed by atoms with van der Waals surface area (Å²) >= 11 is -2.77. The maximum atomic E-state index is 9.80. The average molecular weight is 286 g/mol. The topological polar surface area (TPSA) is 0 Å². The van der Waals surface area contributed by atoms with Gasteiger partial charge in [-0.15, -0.1) is 0 Å². The Morgan fingerprint density at radius 1 is 1.13 bits per heavy atom. The quantitative estimate of drug-likeness (QED) is 0.761. The molecular formula is C12H13F2Zr. The zero-order chi connectivity index (χ0) is 11.1. The van der Waals surface area contributed by atoms with Crippen molar-refractivity contribution in [3.63, 3.8) is 0 Å². The van der Waals surface area contributed by atoms with Gasteiger partial charge < -0.3 is 0 Å². The number of hydrogen-bond donors (Lipinski definition) is 0. The van der Waals surface area contributed by atoms with E-state index in [2.05, 4.69) is 43.3 Å². The predicted octanol–water partition coefficient (Wildman–Crippen LogP) is 4.27. The Morgan fingerprint density at radius 2 is 1.80 bits per heavy atom. The molecule has 0 atom stereocenters. The van der Waals surface area contributed by atoms with E-state index in [1.54, 1.807) is 0 Å². The molecule has 1 radical (unpaired) electrons. The fraction of sp³-hybridized carbons (Fsp3) is 0.250. The Balaban J connectivity index is 0.000000337. The Labute approximate surface area is 103 Å². The van der Waals surface area contributed by atoms with Crippen molar-refractivity contribution < 1.29 is 29.7 Å². The van der Waals surface area contributed by atoms with Gasteiger partial charge in [-0.1, -0.05) is 49.8 Å². The minimum atomic E-state index is -2.77. The Kier molecular flexibility index (Phi) is 6.01. The van der Waals surface area contributed by atoms with Crippen LogP contribution in [0.2, 0.25) is 0 Å². The van der Waals surface area contributed by atoms with Gasteiger partial charge in [0.2, 0.25) is 0 Å². The number of allylic oxidation sites excluding steroid dienone is 1. The van der Waals surface area contributed by atoms with E-state index in [0.717, 1.165) is 0 Å². The summed E-state index contributed by atoms with van der Waals surface area (Å²) in [7, 11) is 0. The molecule has 0 aromatic heterocycles. The van der Waals surface area contributed by atoms with Crippen molar-refractivity contribution in [1.29, 1.82) is 0 Å². The zero-order valence-electron chi connectivity index (χ0n) is 8.63. The van der Waals surface area contributed by atoms with Crippen LogP contribution in [0.15, 0.2) is 30.3 Å². The van der Waals surface area contributed by atoms with Crippen molar-refractivity contribution in [3.05, 3.63) is 47.4 Å². The first-order valence-electron chi connectivity index (χ1n) is 4.93. The average Bonchev–Trinajstić information content (AvgIpc) is 2.64. The van der Waals surface area contributed by atoms with Crippen LogP contribution in [0.5, 0.6) is 0 Å². The SMILES string of the molecule is CCC[C]1C=Cc2ccccc21.[F][Zr][F]. The molecule has 2 rings (SSSR count). The fourth-order valence-corrected chi connectivity index (χ4v) is 1.70. The predicted molar refractivity (Wildman–Crippen MR) is 54.9 cm³/mol. The van der Waals surface area contributed by atoms with E-state index in [-0.39, 0.29) is 0 Å². The van der Waals surface area contributed by atoms with Crippen molar-refractivity contribution in [1.82, 2.24) is 0 Å². The minimum absolute atomic E-state index is 1.20. The van der Waals surface area contributed by atoms with Crippen LogP contribution in [-0.2, 0) is 24.5 Å². The van der Waals surface area contributed by atoms with Gasteiger partial charge in [0, 0.05) is 5.92 Å². The third-order valence-corrected chi connectivity index (χ3v) is 2.29. The van der Waals surface area contributed by atoms with Crippen molar-refractivity contribution in [2.45, 2.75) is 19.8 Å². The van der Waals surface area contributed by atoms with Crippen molar-refractivity contribution in [2.24, 2.45) is 0 Å². The molecule has 1 aromatic rings. The normalized spacial score (nSPS) is 13.0. The summed E-state index contributed by atoms with van der Waals surface area (Å²) in [6.07, 6.45) is 6.88. The summed E-state index contributed by atoms with van der Waals surface area (Å²) in [5.74, 6) is 1.49. The van der Waals surface area contributed by atoms with E-state index >= 15 is 0 Å². The summed E-state index contributed by atoms with van der Waals surface area (Å²) in [4.78, 5) is 0. The van der Waals surface area contributed by atoms with Gasteiger partial charge in [0.25, 0.3) is 0 Å². The van der Waals surface area contributed by atoms with Crippen molar-refractivity contribution in [3.8, 4) is 0 Å². The van der Waals surface area contributed by atoms with E-state index < -0.39 is 24.5 Å². The molecule has 1 aliphatic rings. The second-order valence-corrected chi connectivity index (χ2v) is 3.62. The Bertz CT molecular complexity index is 323. The first kappa shape index (κ1) is 12.8. The molecule has 15 heavy (non-hydrogen) atoms. The van der Waals surface area contributed by atoms with Crippen molar-refractivity contribution >= 4 is 6.08 Å². The molecule has 0 amide bonds. The summed E-state index contributed by atoms with van der Waals surface area (Å²) in [6.45, 7) is 2.22. The van der Waals surface area contributed by atoms with Gasteiger partial charge in [-0.3, -0.25) is 0 Å². The zero-order valence-corrected chi connectivity index (χ0v) is 11.1. The van der Waals surface area contributed by atoms with E-state index in [4.69, 9.17) is 0 Å². The number of halogens is 2. The monoisotopic (exact) mass is 285 g/mol. The van der Waals surface area contributed by atoms with Gasteiger partial charge in [0.1, 0.15) is 0 Å². The maximum absolute atomic E-state index is 9.80. The third-order valence-electron chi connectivity index (χ3n) is 2.29. The van der Waals surface area contributed by atoms with Gasteiger partial charge in [0.15, 0.2) is 0 Å². The van der Waals surface area contributed by atoms with E-state index in [0.29, 0.717) is 0 Å². The number of rotatable bonds is 2. The van der Waals surface area contributed by atoms with Crippen LogP contribution in [0.4, 0.5) is 5.25 Å². The molecule has 0 heterocycles. The van der Waals surface area contributed by atoms with Crippen LogP contribution < -0.4 is 0 Å². The van der Waals surface area contributed by atoms with Gasteiger partial charge in [-0.05, 0) is 17.5 Å². The molecule has 0 saturated carbocycles. The van der Waals surface area contributed by atoms with Crippen LogP contribution in [0.1, 0.15) is 30.9 Å². The molecule has 0 bridgehead atoms. The molecule has 0 fully saturated rings. The fourth-order valence-electron chi connectivity index (χ4n) is 1.70. The molecular weight excluding hydrogens is 273 g/mol. The number of benzene rings is 1. The molecule has 3 heteroatoms. The first-order chi connectivity index (χ1) is 7.33. The second kappa shape index (κ2) is 7.06. The third kappa shape index (κ3) is 3.64. The van der Waals surface area contributed by atoms with Gasteiger partial charge in [-0.2, -0.15) is 0 Å². The van der Waals surface area contributed by atoms with Crippen LogP contribution in [0.25, 0.3) is 6.08 Å². The van der Waals surface area contributed by atoms with Gasteiger partial charge in [-0.25, -0.2) is 0 Å². The molecule has 1 aliphatic carbocycles. The van der Waals surface area contributed by atoms with Crippen LogP contribution in [0.3, 0.4) is 0 Å². The Hall–Kier alpha value is -0.297. The summed E-state index contributed by atoms with van der Waals surface area (Å²) in [6, 6.07) is 8.59. The summed E-state index contributed by atoms with van der Waals surface area (Å²) in [5.41, 5.74) is 2.81. The standard InChI is InChI=1S/C12H13.2FH.Zr/c1-2-5-10-8-9-11-6-3-4-7-12(10)11;;;/h3-4,6-9H,2,5H2,1H3;2*1H;/q;;;+2/p-2. The molecule has 0 saturated heterocycles. The molecule has 79 valence electrons.